The van der Waals surface area contributed by atoms with Crippen molar-refractivity contribution in [1.82, 2.24) is 0 Å². The molecule has 1 atom stereocenters. The molecule has 0 aromatic heterocycles. The van der Waals surface area contributed by atoms with E-state index in [-0.39, 0.29) is 5.92 Å². The molecule has 0 aliphatic carbocycles. The third-order valence-corrected chi connectivity index (χ3v) is 2.11. The third kappa shape index (κ3) is 3.08. The van der Waals surface area contributed by atoms with Gasteiger partial charge in [0, 0.05) is 11.0 Å². The zero-order chi connectivity index (χ0) is 9.68. The van der Waals surface area contributed by atoms with Gasteiger partial charge in [0.05, 0.1) is 0 Å². The Morgan fingerprint density at radius 2 is 2.00 bits per heavy atom. The van der Waals surface area contributed by atoms with Gasteiger partial charge >= 0.3 is 0 Å². The second-order valence-electron chi connectivity index (χ2n) is 2.97. The lowest BCUT2D eigenvalue weighted by Crippen LogP contribution is -1.93. The van der Waals surface area contributed by atoms with Gasteiger partial charge in [-0.1, -0.05) is 54.6 Å². The van der Waals surface area contributed by atoms with Gasteiger partial charge in [0.2, 0.25) is 0 Å². The predicted molar refractivity (Wildman–Crippen MR) is 59.0 cm³/mol. The van der Waals surface area contributed by atoms with Crippen molar-refractivity contribution in [3.05, 3.63) is 60.2 Å². The summed E-state index contributed by atoms with van der Waals surface area (Å²) in [5, 5.41) is 0.675. The Balaban J connectivity index is 2.78. The number of rotatable bonds is 4. The van der Waals surface area contributed by atoms with Crippen LogP contribution in [0.1, 0.15) is 17.9 Å². The second-order valence-corrected chi connectivity index (χ2v) is 3.51. The molecule has 1 heteroatoms. The Kier molecular flexibility index (Phi) is 3.78. The second kappa shape index (κ2) is 4.88. The van der Waals surface area contributed by atoms with Gasteiger partial charge in [0.15, 0.2) is 0 Å². The van der Waals surface area contributed by atoms with Gasteiger partial charge in [-0.05, 0) is 12.0 Å². The lowest BCUT2D eigenvalue weighted by atomic mass is 9.96. The third-order valence-electron chi connectivity index (χ3n) is 1.95. The smallest absolute Gasteiger partial charge is 0.0118 e. The maximum Gasteiger partial charge on any atom is 0.0118 e. The molecule has 0 fully saturated rings. The van der Waals surface area contributed by atoms with Crippen molar-refractivity contribution in [1.29, 1.82) is 0 Å². The average molecular weight is 193 g/mol. The fraction of sp³-hybridized carbons (Fsp3) is 0.167. The van der Waals surface area contributed by atoms with Gasteiger partial charge in [-0.2, -0.15) is 0 Å². The van der Waals surface area contributed by atoms with E-state index < -0.39 is 0 Å². The van der Waals surface area contributed by atoms with E-state index >= 15 is 0 Å². The Morgan fingerprint density at radius 3 is 2.46 bits per heavy atom. The lowest BCUT2D eigenvalue weighted by Gasteiger charge is -2.11. The van der Waals surface area contributed by atoms with E-state index in [2.05, 4.69) is 25.3 Å². The van der Waals surface area contributed by atoms with E-state index in [9.17, 15) is 0 Å². The first-order valence-electron chi connectivity index (χ1n) is 4.25. The molecule has 0 saturated heterocycles. The topological polar surface area (TPSA) is 0 Å². The largest absolute Gasteiger partial charge is 0.102 e. The first-order chi connectivity index (χ1) is 6.24. The minimum atomic E-state index is 0.284. The van der Waals surface area contributed by atoms with Crippen LogP contribution in [0.4, 0.5) is 0 Å². The summed E-state index contributed by atoms with van der Waals surface area (Å²) in [6, 6.07) is 10.2. The summed E-state index contributed by atoms with van der Waals surface area (Å²) in [6.07, 6.45) is 2.66. The minimum absolute atomic E-state index is 0.284. The van der Waals surface area contributed by atoms with Crippen LogP contribution < -0.4 is 0 Å². The quantitative estimate of drug-likeness (QED) is 0.631. The molecule has 0 amide bonds. The summed E-state index contributed by atoms with van der Waals surface area (Å²) in [4.78, 5) is 0. The molecule has 13 heavy (non-hydrogen) atoms. The predicted octanol–water partition coefficient (Wildman–Crippen LogP) is 4.10. The van der Waals surface area contributed by atoms with Gasteiger partial charge in [-0.25, -0.2) is 0 Å². The van der Waals surface area contributed by atoms with Crippen molar-refractivity contribution in [3.8, 4) is 0 Å². The molecule has 1 aromatic carbocycles. The zero-order valence-corrected chi connectivity index (χ0v) is 8.30. The SMILES string of the molecule is C=C[C@H](CC(=C)Cl)c1ccccc1. The highest BCUT2D eigenvalue weighted by Crippen LogP contribution is 2.25. The van der Waals surface area contributed by atoms with E-state index in [0.717, 1.165) is 6.42 Å². The number of allylic oxidation sites excluding steroid dienone is 2. The lowest BCUT2D eigenvalue weighted by molar-refractivity contribution is 0.857. The van der Waals surface area contributed by atoms with Crippen LogP contribution in [0.5, 0.6) is 0 Å². The molecule has 0 heterocycles. The minimum Gasteiger partial charge on any atom is -0.102 e. The molecule has 0 bridgehead atoms. The summed E-state index contributed by atoms with van der Waals surface area (Å²) in [5.74, 6) is 0.284. The van der Waals surface area contributed by atoms with Crippen molar-refractivity contribution in [2.45, 2.75) is 12.3 Å². The van der Waals surface area contributed by atoms with Crippen LogP contribution >= 0.6 is 11.6 Å². The molecule has 0 radical (unpaired) electrons. The zero-order valence-electron chi connectivity index (χ0n) is 7.54. The monoisotopic (exact) mass is 192 g/mol. The maximum atomic E-state index is 5.76. The summed E-state index contributed by atoms with van der Waals surface area (Å²) in [6.45, 7) is 7.48. The maximum absolute atomic E-state index is 5.76. The van der Waals surface area contributed by atoms with Gasteiger partial charge in [-0.15, -0.1) is 6.58 Å². The highest BCUT2D eigenvalue weighted by Gasteiger charge is 2.06. The fourth-order valence-corrected chi connectivity index (χ4v) is 1.44. The molecular weight excluding hydrogens is 180 g/mol. The van der Waals surface area contributed by atoms with Crippen LogP contribution in [-0.4, -0.2) is 0 Å². The van der Waals surface area contributed by atoms with E-state index in [1.165, 1.54) is 5.56 Å². The molecular formula is C12H13Cl. The number of benzene rings is 1. The summed E-state index contributed by atoms with van der Waals surface area (Å²) in [5.41, 5.74) is 1.24. The van der Waals surface area contributed by atoms with Crippen LogP contribution in [0.25, 0.3) is 0 Å². The first-order valence-corrected chi connectivity index (χ1v) is 4.62. The average Bonchev–Trinajstić information content (AvgIpc) is 2.15. The van der Waals surface area contributed by atoms with Crippen molar-refractivity contribution in [2.75, 3.05) is 0 Å². The van der Waals surface area contributed by atoms with Crippen molar-refractivity contribution in [2.24, 2.45) is 0 Å². The number of hydrogen-bond acceptors (Lipinski definition) is 0. The van der Waals surface area contributed by atoms with Crippen molar-refractivity contribution in [3.63, 3.8) is 0 Å². The normalized spacial score (nSPS) is 12.1. The fourth-order valence-electron chi connectivity index (χ4n) is 1.28. The summed E-state index contributed by atoms with van der Waals surface area (Å²) < 4.78 is 0. The molecule has 68 valence electrons. The number of halogens is 1. The molecule has 1 rings (SSSR count). The Morgan fingerprint density at radius 1 is 1.38 bits per heavy atom. The van der Waals surface area contributed by atoms with E-state index in [4.69, 9.17) is 11.6 Å². The van der Waals surface area contributed by atoms with E-state index in [0.29, 0.717) is 5.03 Å². The molecule has 0 aliphatic rings. The highest BCUT2D eigenvalue weighted by atomic mass is 35.5. The van der Waals surface area contributed by atoms with Crippen LogP contribution in [0.2, 0.25) is 0 Å². The van der Waals surface area contributed by atoms with E-state index in [1.807, 2.05) is 24.3 Å². The summed E-state index contributed by atoms with van der Waals surface area (Å²) >= 11 is 5.76. The van der Waals surface area contributed by atoms with Gasteiger partial charge in [0.25, 0.3) is 0 Å². The van der Waals surface area contributed by atoms with Crippen LogP contribution in [-0.2, 0) is 0 Å². The van der Waals surface area contributed by atoms with Crippen LogP contribution in [0, 0.1) is 0 Å². The van der Waals surface area contributed by atoms with Crippen LogP contribution in [0.15, 0.2) is 54.6 Å². The summed E-state index contributed by atoms with van der Waals surface area (Å²) in [7, 11) is 0. The number of hydrogen-bond donors (Lipinski definition) is 0. The van der Waals surface area contributed by atoms with Crippen molar-refractivity contribution >= 4 is 11.6 Å². The molecule has 0 N–H and O–H groups in total. The molecule has 0 unspecified atom stereocenters. The van der Waals surface area contributed by atoms with E-state index in [1.54, 1.807) is 0 Å². The van der Waals surface area contributed by atoms with Crippen LogP contribution in [0.3, 0.4) is 0 Å². The Labute approximate surface area is 84.5 Å². The highest BCUT2D eigenvalue weighted by molar-refractivity contribution is 6.29. The molecule has 0 spiro atoms. The van der Waals surface area contributed by atoms with Crippen molar-refractivity contribution < 1.29 is 0 Å². The molecule has 1 aromatic rings. The Bertz CT molecular complexity index is 287. The van der Waals surface area contributed by atoms with Gasteiger partial charge in [0.1, 0.15) is 0 Å². The first kappa shape index (κ1) is 10.1. The molecule has 0 nitrogen and oxygen atoms in total. The Hall–Kier alpha value is -1.01. The standard InChI is InChI=1S/C12H13Cl/c1-3-11(9-10(2)13)12-7-5-4-6-8-12/h3-8,11H,1-2,9H2/t11-/m1/s1. The van der Waals surface area contributed by atoms with Gasteiger partial charge < -0.3 is 0 Å². The van der Waals surface area contributed by atoms with Gasteiger partial charge in [-0.3, -0.25) is 0 Å². The molecule has 0 saturated carbocycles. The molecule has 0 aliphatic heterocycles.